The van der Waals surface area contributed by atoms with Crippen LogP contribution in [0.1, 0.15) is 26.3 Å². The van der Waals surface area contributed by atoms with Gasteiger partial charge in [0.05, 0.1) is 27.8 Å². The molecule has 4 rings (SSSR count). The second-order valence-electron chi connectivity index (χ2n) is 9.13. The molecular weight excluding hydrogens is 452 g/mol. The molecule has 0 radical (unpaired) electrons. The number of benzene rings is 2. The van der Waals surface area contributed by atoms with E-state index in [1.165, 1.54) is 0 Å². The van der Waals surface area contributed by atoms with Crippen LogP contribution in [-0.2, 0) is 11.8 Å². The fourth-order valence-corrected chi connectivity index (χ4v) is 3.71. The summed E-state index contributed by atoms with van der Waals surface area (Å²) in [6.07, 6.45) is 3.57. The molecule has 0 aliphatic heterocycles. The van der Waals surface area contributed by atoms with Gasteiger partial charge in [-0.05, 0) is 51.5 Å². The fraction of sp³-hybridized carbons (Fsp3) is 0.280. The second-order valence-corrected chi connectivity index (χ2v) is 9.51. The number of rotatable bonds is 6. The van der Waals surface area contributed by atoms with Crippen molar-refractivity contribution in [3.05, 3.63) is 59.4 Å². The summed E-state index contributed by atoms with van der Waals surface area (Å²) in [5.41, 5.74) is 2.86. The Bertz CT molecular complexity index is 1360. The van der Waals surface area contributed by atoms with Gasteiger partial charge in [-0.25, -0.2) is 9.97 Å². The minimum Gasteiger partial charge on any atom is -0.484 e. The van der Waals surface area contributed by atoms with Gasteiger partial charge in [0.25, 0.3) is 5.91 Å². The minimum absolute atomic E-state index is 0.0814. The van der Waals surface area contributed by atoms with E-state index in [4.69, 9.17) is 26.3 Å². The summed E-state index contributed by atoms with van der Waals surface area (Å²) in [5, 5.41) is 11.7. The number of carbonyl (C=O) groups excluding carboxylic acids is 1. The number of carbonyl (C=O) groups is 1. The monoisotopic (exact) mass is 478 g/mol. The van der Waals surface area contributed by atoms with Crippen molar-refractivity contribution in [3.63, 3.8) is 0 Å². The van der Waals surface area contributed by atoms with Gasteiger partial charge in [-0.1, -0.05) is 29.8 Å². The van der Waals surface area contributed by atoms with Crippen LogP contribution in [0.25, 0.3) is 22.3 Å². The van der Waals surface area contributed by atoms with Crippen LogP contribution in [0, 0.1) is 6.92 Å². The molecule has 34 heavy (non-hydrogen) atoms. The number of hydrogen-bond donors (Lipinski definition) is 2. The lowest BCUT2D eigenvalue weighted by molar-refractivity contribution is -0.124. The molecule has 2 N–H and O–H groups in total. The molecule has 0 atom stereocenters. The highest BCUT2D eigenvalue weighted by atomic mass is 35.5. The van der Waals surface area contributed by atoms with Gasteiger partial charge in [0.1, 0.15) is 11.6 Å². The number of hydrogen-bond acceptors (Lipinski definition) is 6. The molecule has 0 bridgehead atoms. The quantitative estimate of drug-likeness (QED) is 0.403. The molecule has 4 aromatic rings. The average molecular weight is 479 g/mol. The number of halogens is 1. The second kappa shape index (κ2) is 9.30. The van der Waals surface area contributed by atoms with E-state index in [0.717, 1.165) is 22.2 Å². The first-order chi connectivity index (χ1) is 16.1. The first-order valence-electron chi connectivity index (χ1n) is 10.9. The van der Waals surface area contributed by atoms with E-state index in [2.05, 4.69) is 15.7 Å². The molecule has 8 nitrogen and oxygen atoms in total. The predicted molar refractivity (Wildman–Crippen MR) is 135 cm³/mol. The zero-order chi connectivity index (χ0) is 24.5. The number of fused-ring (bicyclic) bond motifs is 1. The van der Waals surface area contributed by atoms with Crippen LogP contribution in [0.2, 0.25) is 5.02 Å². The molecule has 2 heterocycles. The summed E-state index contributed by atoms with van der Waals surface area (Å²) in [7, 11) is 1.85. The van der Waals surface area contributed by atoms with E-state index >= 15 is 0 Å². The highest BCUT2D eigenvalue weighted by Gasteiger charge is 2.16. The van der Waals surface area contributed by atoms with E-state index in [1.807, 2.05) is 71.3 Å². The molecule has 2 aromatic carbocycles. The summed E-state index contributed by atoms with van der Waals surface area (Å²) >= 11 is 6.64. The number of nitrogens with zero attached hydrogens (tertiary/aromatic N) is 4. The number of anilines is 2. The van der Waals surface area contributed by atoms with E-state index in [-0.39, 0.29) is 18.1 Å². The number of aromatic nitrogens is 4. The Morgan fingerprint density at radius 2 is 1.97 bits per heavy atom. The Morgan fingerprint density at radius 3 is 2.68 bits per heavy atom. The van der Waals surface area contributed by atoms with E-state index in [0.29, 0.717) is 27.9 Å². The molecule has 0 saturated heterocycles. The molecule has 2 aromatic heterocycles. The standard InChI is InChI=1S/C25H27ClN6O2/c1-15-9-10-19-21(22(15)26)24(28-17-12-27-32(5)13-17)30-23(29-19)16-7-6-8-18(11-16)34-14-20(33)31-25(2,3)4/h6-13H,14H2,1-5H3,(H,31,33)(H,28,29,30). The summed E-state index contributed by atoms with van der Waals surface area (Å²) in [6, 6.07) is 11.2. The van der Waals surface area contributed by atoms with Crippen LogP contribution in [0.4, 0.5) is 11.5 Å². The average Bonchev–Trinajstić information content (AvgIpc) is 3.18. The maximum Gasteiger partial charge on any atom is 0.258 e. The lowest BCUT2D eigenvalue weighted by Crippen LogP contribution is -2.43. The molecule has 0 fully saturated rings. The fourth-order valence-electron chi connectivity index (χ4n) is 3.46. The molecular formula is C25H27ClN6O2. The first-order valence-corrected chi connectivity index (χ1v) is 11.2. The highest BCUT2D eigenvalue weighted by Crippen LogP contribution is 2.34. The van der Waals surface area contributed by atoms with Crippen LogP contribution in [0.3, 0.4) is 0 Å². The summed E-state index contributed by atoms with van der Waals surface area (Å²) in [5.74, 6) is 1.45. The minimum atomic E-state index is -0.321. The van der Waals surface area contributed by atoms with Crippen molar-refractivity contribution in [1.82, 2.24) is 25.1 Å². The molecule has 1 amide bonds. The Balaban J connectivity index is 1.68. The number of aryl methyl sites for hydroxylation is 2. The molecule has 176 valence electrons. The number of nitrogens with one attached hydrogen (secondary N) is 2. The van der Waals surface area contributed by atoms with Gasteiger partial charge in [0.15, 0.2) is 12.4 Å². The van der Waals surface area contributed by atoms with Gasteiger partial charge in [-0.3, -0.25) is 9.48 Å². The van der Waals surface area contributed by atoms with E-state index in [9.17, 15) is 4.79 Å². The third-order valence-corrected chi connectivity index (χ3v) is 5.43. The van der Waals surface area contributed by atoms with Crippen LogP contribution < -0.4 is 15.4 Å². The van der Waals surface area contributed by atoms with Crippen molar-refractivity contribution in [2.24, 2.45) is 7.05 Å². The van der Waals surface area contributed by atoms with Crippen molar-refractivity contribution in [3.8, 4) is 17.1 Å². The van der Waals surface area contributed by atoms with E-state index < -0.39 is 0 Å². The maximum absolute atomic E-state index is 12.1. The lowest BCUT2D eigenvalue weighted by atomic mass is 10.1. The van der Waals surface area contributed by atoms with Crippen molar-refractivity contribution >= 4 is 39.9 Å². The zero-order valence-corrected chi connectivity index (χ0v) is 20.6. The molecule has 0 saturated carbocycles. The topological polar surface area (TPSA) is 94.0 Å². The van der Waals surface area contributed by atoms with Gasteiger partial charge < -0.3 is 15.4 Å². The van der Waals surface area contributed by atoms with Gasteiger partial charge in [0.2, 0.25) is 0 Å². The Morgan fingerprint density at radius 1 is 1.18 bits per heavy atom. The van der Waals surface area contributed by atoms with Crippen LogP contribution >= 0.6 is 11.6 Å². The maximum atomic E-state index is 12.1. The third kappa shape index (κ3) is 5.46. The molecule has 9 heteroatoms. The predicted octanol–water partition coefficient (Wildman–Crippen LogP) is 5.03. The molecule has 0 aliphatic rings. The summed E-state index contributed by atoms with van der Waals surface area (Å²) in [4.78, 5) is 21.7. The normalized spacial score (nSPS) is 11.5. The van der Waals surface area contributed by atoms with Crippen LogP contribution in [0.15, 0.2) is 48.8 Å². The van der Waals surface area contributed by atoms with Gasteiger partial charge >= 0.3 is 0 Å². The van der Waals surface area contributed by atoms with Gasteiger partial charge in [0, 0.05) is 24.3 Å². The lowest BCUT2D eigenvalue weighted by Gasteiger charge is -2.20. The Labute approximate surface area is 203 Å². The van der Waals surface area contributed by atoms with Crippen LogP contribution in [0.5, 0.6) is 5.75 Å². The van der Waals surface area contributed by atoms with E-state index in [1.54, 1.807) is 16.9 Å². The van der Waals surface area contributed by atoms with Crippen molar-refractivity contribution in [2.45, 2.75) is 33.2 Å². The Kier molecular flexibility index (Phi) is 6.43. The molecule has 0 spiro atoms. The number of ether oxygens (including phenoxy) is 1. The van der Waals surface area contributed by atoms with Crippen molar-refractivity contribution < 1.29 is 9.53 Å². The van der Waals surface area contributed by atoms with Crippen LogP contribution in [-0.4, -0.2) is 37.8 Å². The zero-order valence-electron chi connectivity index (χ0n) is 19.8. The van der Waals surface area contributed by atoms with Gasteiger partial charge in [-0.15, -0.1) is 0 Å². The Hall–Kier alpha value is -3.65. The van der Waals surface area contributed by atoms with Crippen molar-refractivity contribution in [2.75, 3.05) is 11.9 Å². The third-order valence-electron chi connectivity index (χ3n) is 4.94. The SMILES string of the molecule is Cc1ccc2nc(-c3cccc(OCC(=O)NC(C)(C)C)c3)nc(Nc3cnn(C)c3)c2c1Cl. The van der Waals surface area contributed by atoms with Gasteiger partial charge in [-0.2, -0.15) is 5.10 Å². The highest BCUT2D eigenvalue weighted by molar-refractivity contribution is 6.37. The first kappa shape index (κ1) is 23.5. The number of amides is 1. The molecule has 0 unspecified atom stereocenters. The molecule has 0 aliphatic carbocycles. The smallest absolute Gasteiger partial charge is 0.258 e. The largest absolute Gasteiger partial charge is 0.484 e. The van der Waals surface area contributed by atoms with Crippen molar-refractivity contribution in [1.29, 1.82) is 0 Å². The summed E-state index contributed by atoms with van der Waals surface area (Å²) in [6.45, 7) is 7.64. The summed E-state index contributed by atoms with van der Waals surface area (Å²) < 4.78 is 7.42.